The normalized spacial score (nSPS) is 10.7. The number of aryl methyl sites for hydroxylation is 3. The Labute approximate surface area is 119 Å². The van der Waals surface area contributed by atoms with Gasteiger partial charge in [-0.2, -0.15) is 5.10 Å². The second kappa shape index (κ2) is 5.62. The number of thioether (sulfide) groups is 1. The molecule has 0 aromatic carbocycles. The Bertz CT molecular complexity index is 585. The van der Waals surface area contributed by atoms with Crippen LogP contribution in [0.4, 0.5) is 10.8 Å². The minimum absolute atomic E-state index is 0.0658. The van der Waals surface area contributed by atoms with Crippen LogP contribution >= 0.6 is 23.1 Å². The van der Waals surface area contributed by atoms with Crippen molar-refractivity contribution < 1.29 is 4.79 Å². The summed E-state index contributed by atoms with van der Waals surface area (Å²) in [5, 5.41) is 10.3. The highest BCUT2D eigenvalue weighted by molar-refractivity contribution is 8.01. The smallest absolute Gasteiger partial charge is 0.234 e. The Balaban J connectivity index is 1.94. The van der Waals surface area contributed by atoms with Gasteiger partial charge in [0.2, 0.25) is 5.91 Å². The summed E-state index contributed by atoms with van der Waals surface area (Å²) in [6.45, 7) is 5.61. The third-order valence-electron chi connectivity index (χ3n) is 2.50. The van der Waals surface area contributed by atoms with E-state index in [1.165, 1.54) is 23.1 Å². The molecule has 4 N–H and O–H groups in total. The summed E-state index contributed by atoms with van der Waals surface area (Å²) in [6, 6.07) is 0. The molecular formula is C11H15N5OS2. The van der Waals surface area contributed by atoms with Crippen molar-refractivity contribution in [1.82, 2.24) is 15.2 Å². The van der Waals surface area contributed by atoms with Crippen LogP contribution in [0.25, 0.3) is 0 Å². The average Bonchev–Trinajstić information content (AvgIpc) is 2.83. The van der Waals surface area contributed by atoms with Crippen molar-refractivity contribution in [2.45, 2.75) is 25.0 Å². The average molecular weight is 297 g/mol. The summed E-state index contributed by atoms with van der Waals surface area (Å²) in [7, 11) is 0. The second-order valence-corrected chi connectivity index (χ2v) is 6.35. The molecule has 2 aromatic rings. The van der Waals surface area contributed by atoms with E-state index in [-0.39, 0.29) is 5.91 Å². The van der Waals surface area contributed by atoms with Crippen LogP contribution in [0.15, 0.2) is 4.21 Å². The van der Waals surface area contributed by atoms with E-state index in [0.717, 1.165) is 27.0 Å². The molecule has 0 atom stereocenters. The molecule has 0 bridgehead atoms. The van der Waals surface area contributed by atoms with Gasteiger partial charge in [-0.1, -0.05) is 11.3 Å². The van der Waals surface area contributed by atoms with Crippen LogP contribution in [0.2, 0.25) is 0 Å². The topological polar surface area (TPSA) is 96.7 Å². The van der Waals surface area contributed by atoms with Gasteiger partial charge in [0, 0.05) is 0 Å². The van der Waals surface area contributed by atoms with Gasteiger partial charge in [-0.3, -0.25) is 9.89 Å². The van der Waals surface area contributed by atoms with Gasteiger partial charge in [0.1, 0.15) is 0 Å². The largest absolute Gasteiger partial charge is 0.375 e. The predicted molar refractivity (Wildman–Crippen MR) is 78.7 cm³/mol. The van der Waals surface area contributed by atoms with E-state index >= 15 is 0 Å². The van der Waals surface area contributed by atoms with Crippen LogP contribution in [-0.2, 0) is 4.79 Å². The van der Waals surface area contributed by atoms with Crippen molar-refractivity contribution in [2.24, 2.45) is 0 Å². The fraction of sp³-hybridized carbons (Fsp3) is 0.364. The lowest BCUT2D eigenvalue weighted by molar-refractivity contribution is -0.113. The minimum atomic E-state index is -0.0658. The fourth-order valence-electron chi connectivity index (χ4n) is 1.58. The molecule has 6 nitrogen and oxygen atoms in total. The van der Waals surface area contributed by atoms with Gasteiger partial charge >= 0.3 is 0 Å². The minimum Gasteiger partial charge on any atom is -0.375 e. The third-order valence-corrected chi connectivity index (χ3v) is 4.85. The molecule has 0 aliphatic rings. The van der Waals surface area contributed by atoms with E-state index < -0.39 is 0 Å². The molecule has 0 radical (unpaired) electrons. The van der Waals surface area contributed by atoms with Crippen molar-refractivity contribution in [1.29, 1.82) is 0 Å². The molecule has 2 heterocycles. The summed E-state index contributed by atoms with van der Waals surface area (Å²) in [5.74, 6) is 0.260. The number of carbonyl (C=O) groups is 1. The van der Waals surface area contributed by atoms with E-state index in [4.69, 9.17) is 5.73 Å². The Morgan fingerprint density at radius 3 is 2.68 bits per heavy atom. The summed E-state index contributed by atoms with van der Waals surface area (Å²) in [5.41, 5.74) is 8.89. The first-order chi connectivity index (χ1) is 8.97. The van der Waals surface area contributed by atoms with E-state index in [2.05, 4.69) is 20.5 Å². The lowest BCUT2D eigenvalue weighted by atomic mass is 10.3. The standard InChI is InChI=1S/C11H15N5OS2/c1-5-9(6(2)16-15-5)14-8(17)4-18-10-7(3)13-11(12)19-10/h4H2,1-3H3,(H2,12,13)(H,14,17)(H,15,16). The molecule has 0 saturated heterocycles. The van der Waals surface area contributed by atoms with E-state index in [1.807, 2.05) is 20.8 Å². The molecule has 2 aromatic heterocycles. The molecule has 0 fully saturated rings. The number of H-pyrrole nitrogens is 1. The van der Waals surface area contributed by atoms with E-state index in [9.17, 15) is 4.79 Å². The molecule has 0 unspecified atom stereocenters. The number of nitrogens with one attached hydrogen (secondary N) is 2. The number of anilines is 2. The first kappa shape index (κ1) is 13.9. The van der Waals surface area contributed by atoms with Gasteiger partial charge < -0.3 is 11.1 Å². The summed E-state index contributed by atoms with van der Waals surface area (Å²) in [4.78, 5) is 16.0. The van der Waals surface area contributed by atoms with Crippen molar-refractivity contribution in [3.05, 3.63) is 17.1 Å². The van der Waals surface area contributed by atoms with E-state index in [1.54, 1.807) is 0 Å². The SMILES string of the molecule is Cc1nc(N)sc1SCC(=O)Nc1c(C)n[nH]c1C. The molecule has 8 heteroatoms. The van der Waals surface area contributed by atoms with Gasteiger partial charge in [0.25, 0.3) is 0 Å². The van der Waals surface area contributed by atoms with Crippen LogP contribution in [0.5, 0.6) is 0 Å². The Morgan fingerprint density at radius 2 is 2.16 bits per heavy atom. The van der Waals surface area contributed by atoms with Gasteiger partial charge in [-0.25, -0.2) is 4.98 Å². The maximum absolute atomic E-state index is 11.9. The van der Waals surface area contributed by atoms with Gasteiger partial charge in [-0.05, 0) is 20.8 Å². The van der Waals surface area contributed by atoms with Crippen molar-refractivity contribution in [3.63, 3.8) is 0 Å². The van der Waals surface area contributed by atoms with Crippen molar-refractivity contribution >= 4 is 39.8 Å². The number of nitrogens with zero attached hydrogens (tertiary/aromatic N) is 2. The first-order valence-corrected chi connectivity index (χ1v) is 7.44. The number of aromatic amines is 1. The van der Waals surface area contributed by atoms with Crippen molar-refractivity contribution in [3.8, 4) is 0 Å². The molecule has 1 amide bonds. The lowest BCUT2D eigenvalue weighted by Gasteiger charge is -2.04. The Hall–Kier alpha value is -1.54. The van der Waals surface area contributed by atoms with Crippen LogP contribution in [0.3, 0.4) is 0 Å². The number of hydrogen-bond donors (Lipinski definition) is 3. The van der Waals surface area contributed by atoms with Gasteiger partial charge in [0.05, 0.1) is 32.7 Å². The Kier molecular flexibility index (Phi) is 4.11. The maximum atomic E-state index is 11.9. The van der Waals surface area contributed by atoms with Gasteiger partial charge in [-0.15, -0.1) is 11.8 Å². The molecular weight excluding hydrogens is 282 g/mol. The highest BCUT2D eigenvalue weighted by atomic mass is 32.2. The zero-order chi connectivity index (χ0) is 14.0. The Morgan fingerprint density at radius 1 is 1.42 bits per heavy atom. The quantitative estimate of drug-likeness (QED) is 0.751. The van der Waals surface area contributed by atoms with Crippen molar-refractivity contribution in [2.75, 3.05) is 16.8 Å². The molecule has 19 heavy (non-hydrogen) atoms. The monoisotopic (exact) mass is 297 g/mol. The first-order valence-electron chi connectivity index (χ1n) is 5.64. The summed E-state index contributed by atoms with van der Waals surface area (Å²) < 4.78 is 0.980. The molecule has 0 aliphatic heterocycles. The number of thiazole rings is 1. The number of carbonyl (C=O) groups excluding carboxylic acids is 1. The zero-order valence-corrected chi connectivity index (χ0v) is 12.5. The summed E-state index contributed by atoms with van der Waals surface area (Å²) in [6.07, 6.45) is 0. The number of aromatic nitrogens is 3. The molecule has 2 rings (SSSR count). The van der Waals surface area contributed by atoms with Crippen LogP contribution < -0.4 is 11.1 Å². The molecule has 0 aliphatic carbocycles. The highest BCUT2D eigenvalue weighted by Gasteiger charge is 2.12. The molecule has 102 valence electrons. The number of nitrogen functional groups attached to an aromatic ring is 1. The number of hydrogen-bond acceptors (Lipinski definition) is 6. The molecule has 0 saturated carbocycles. The predicted octanol–water partition coefficient (Wildman–Crippen LogP) is 2.10. The summed E-state index contributed by atoms with van der Waals surface area (Å²) >= 11 is 2.84. The fourth-order valence-corrected chi connectivity index (χ4v) is 3.40. The number of amides is 1. The zero-order valence-electron chi connectivity index (χ0n) is 10.9. The van der Waals surface area contributed by atoms with Crippen LogP contribution in [0, 0.1) is 20.8 Å². The van der Waals surface area contributed by atoms with Gasteiger partial charge in [0.15, 0.2) is 5.13 Å². The van der Waals surface area contributed by atoms with Crippen LogP contribution in [0.1, 0.15) is 17.1 Å². The highest BCUT2D eigenvalue weighted by Crippen LogP contribution is 2.30. The van der Waals surface area contributed by atoms with E-state index in [0.29, 0.717) is 10.9 Å². The molecule has 0 spiro atoms. The number of nitrogens with two attached hydrogens (primary N) is 1. The van der Waals surface area contributed by atoms with Crippen LogP contribution in [-0.4, -0.2) is 26.8 Å². The lowest BCUT2D eigenvalue weighted by Crippen LogP contribution is -2.14. The third kappa shape index (κ3) is 3.27. The maximum Gasteiger partial charge on any atom is 0.234 e. The second-order valence-electron chi connectivity index (χ2n) is 4.07. The number of rotatable bonds is 4.